The number of carbonyl (C=O) groups is 2. The van der Waals surface area contributed by atoms with E-state index in [2.05, 4.69) is 27.3 Å². The van der Waals surface area contributed by atoms with Gasteiger partial charge in [-0.3, -0.25) is 9.78 Å². The van der Waals surface area contributed by atoms with Crippen LogP contribution in [0.25, 0.3) is 10.8 Å². The van der Waals surface area contributed by atoms with Crippen molar-refractivity contribution >= 4 is 28.3 Å². The maximum atomic E-state index is 15.0. The Bertz CT molecular complexity index is 1620. The highest BCUT2D eigenvalue weighted by Crippen LogP contribution is 2.25. The molecule has 1 atom stereocenters. The van der Waals surface area contributed by atoms with Crippen LogP contribution >= 0.6 is 0 Å². The predicted molar refractivity (Wildman–Crippen MR) is 160 cm³/mol. The molecule has 5 rings (SSSR count). The second-order valence-corrected chi connectivity index (χ2v) is 11.0. The van der Waals surface area contributed by atoms with E-state index in [-0.39, 0.29) is 6.42 Å². The van der Waals surface area contributed by atoms with Gasteiger partial charge in [0.25, 0.3) is 5.91 Å². The Morgan fingerprint density at radius 3 is 2.44 bits per heavy atom. The second kappa shape index (κ2) is 13.3. The molecule has 0 radical (unpaired) electrons. The largest absolute Gasteiger partial charge is 0.480 e. The van der Waals surface area contributed by atoms with E-state index in [0.29, 0.717) is 44.0 Å². The van der Waals surface area contributed by atoms with Crippen LogP contribution in [-0.2, 0) is 28.9 Å². The second-order valence-electron chi connectivity index (χ2n) is 11.0. The maximum absolute atomic E-state index is 15.0. The van der Waals surface area contributed by atoms with Gasteiger partial charge in [-0.1, -0.05) is 30.3 Å². The predicted octanol–water partition coefficient (Wildman–Crippen LogP) is 4.43. The van der Waals surface area contributed by atoms with Crippen molar-refractivity contribution in [3.63, 3.8) is 0 Å². The van der Waals surface area contributed by atoms with Crippen LogP contribution in [0.1, 0.15) is 32.6 Å². The van der Waals surface area contributed by atoms with Gasteiger partial charge in [0.05, 0.1) is 13.2 Å². The van der Waals surface area contributed by atoms with E-state index in [9.17, 15) is 23.5 Å². The summed E-state index contributed by atoms with van der Waals surface area (Å²) in [6.45, 7) is 2.59. The molecule has 1 aliphatic rings. The molecule has 1 fully saturated rings. The number of anilines is 1. The van der Waals surface area contributed by atoms with Crippen LogP contribution in [0.15, 0.2) is 67.0 Å². The van der Waals surface area contributed by atoms with Gasteiger partial charge < -0.3 is 25.0 Å². The van der Waals surface area contributed by atoms with Crippen LogP contribution in [0.2, 0.25) is 0 Å². The third-order valence-electron chi connectivity index (χ3n) is 7.46. The van der Waals surface area contributed by atoms with E-state index in [1.54, 1.807) is 17.2 Å². The van der Waals surface area contributed by atoms with E-state index >= 15 is 0 Å². The highest BCUT2D eigenvalue weighted by atomic mass is 19.1. The number of hydrogen-bond donors (Lipinski definition) is 2. The maximum Gasteiger partial charge on any atom is 0.326 e. The molecule has 2 heterocycles. The molecule has 224 valence electrons. The summed E-state index contributed by atoms with van der Waals surface area (Å²) in [5, 5.41) is 14.3. The first-order valence-electron chi connectivity index (χ1n) is 14.1. The van der Waals surface area contributed by atoms with Gasteiger partial charge in [-0.2, -0.15) is 0 Å². The van der Waals surface area contributed by atoms with Crippen molar-refractivity contribution in [1.82, 2.24) is 15.2 Å². The first-order chi connectivity index (χ1) is 20.7. The lowest BCUT2D eigenvalue weighted by atomic mass is 9.95. The van der Waals surface area contributed by atoms with E-state index in [1.165, 1.54) is 5.56 Å². The number of morpholine rings is 1. The summed E-state index contributed by atoms with van der Waals surface area (Å²) < 4.78 is 35.2. The molecule has 0 saturated carbocycles. The zero-order chi connectivity index (χ0) is 30.5. The molecule has 1 unspecified atom stereocenters. The Morgan fingerprint density at radius 1 is 1.02 bits per heavy atom. The number of nitrogens with zero attached hydrogens (tertiary/aromatic N) is 3. The Labute approximate surface area is 248 Å². The van der Waals surface area contributed by atoms with Crippen molar-refractivity contribution in [3.8, 4) is 0 Å². The van der Waals surface area contributed by atoms with Crippen LogP contribution in [0.5, 0.6) is 0 Å². The highest BCUT2D eigenvalue weighted by Gasteiger charge is 2.26. The lowest BCUT2D eigenvalue weighted by molar-refractivity contribution is -0.139. The van der Waals surface area contributed by atoms with Crippen LogP contribution in [-0.4, -0.2) is 73.3 Å². The van der Waals surface area contributed by atoms with Crippen LogP contribution < -0.4 is 10.2 Å². The van der Waals surface area contributed by atoms with Gasteiger partial charge in [0, 0.05) is 49.5 Å². The minimum absolute atomic E-state index is 0.0625. The summed E-state index contributed by atoms with van der Waals surface area (Å²) in [5.74, 6) is -4.53. The van der Waals surface area contributed by atoms with Gasteiger partial charge in [-0.25, -0.2) is 13.6 Å². The number of aromatic nitrogens is 1. The smallest absolute Gasteiger partial charge is 0.326 e. The molecule has 0 spiro atoms. The number of carboxylic acids is 1. The standard InChI is InChI=1S/C33H34F2N4O4/c1-38(2)20-23-14-24-6-7-36-19-27(24)25(15-23)13-21-4-3-5-22(12-21)16-30(33(41)42)37-32(40)31-28(34)17-26(18-29(31)35)39-8-10-43-11-9-39/h3-7,12,14-15,17-19,30H,8-11,13,16,20H2,1-2H3,(H,37,40)(H,41,42). The van der Waals surface area contributed by atoms with Crippen molar-refractivity contribution in [3.05, 3.63) is 106 Å². The van der Waals surface area contributed by atoms with E-state index < -0.39 is 35.1 Å². The number of pyridine rings is 1. The molecular weight excluding hydrogens is 554 g/mol. The lowest BCUT2D eigenvalue weighted by Gasteiger charge is -2.29. The molecule has 3 aromatic carbocycles. The monoisotopic (exact) mass is 588 g/mol. The molecular formula is C33H34F2N4O4. The Morgan fingerprint density at radius 2 is 1.74 bits per heavy atom. The number of hydrogen-bond acceptors (Lipinski definition) is 6. The fourth-order valence-electron chi connectivity index (χ4n) is 5.48. The molecule has 1 amide bonds. The first-order valence-corrected chi connectivity index (χ1v) is 14.1. The molecule has 2 N–H and O–H groups in total. The Kier molecular flexibility index (Phi) is 9.27. The van der Waals surface area contributed by atoms with Crippen molar-refractivity contribution < 1.29 is 28.2 Å². The normalized spacial score (nSPS) is 14.2. The molecule has 10 heteroatoms. The third-order valence-corrected chi connectivity index (χ3v) is 7.46. The number of benzene rings is 3. The molecule has 4 aromatic rings. The Hall–Kier alpha value is -4.41. The molecule has 1 saturated heterocycles. The number of amides is 1. The number of carbonyl (C=O) groups excluding carboxylic acids is 1. The fourth-order valence-corrected chi connectivity index (χ4v) is 5.48. The van der Waals surface area contributed by atoms with Crippen molar-refractivity contribution in [2.45, 2.75) is 25.4 Å². The molecule has 8 nitrogen and oxygen atoms in total. The minimum Gasteiger partial charge on any atom is -0.480 e. The van der Waals surface area contributed by atoms with Gasteiger partial charge in [-0.15, -0.1) is 0 Å². The van der Waals surface area contributed by atoms with Gasteiger partial charge >= 0.3 is 5.97 Å². The summed E-state index contributed by atoms with van der Waals surface area (Å²) >= 11 is 0. The summed E-state index contributed by atoms with van der Waals surface area (Å²) in [7, 11) is 4.03. The number of halogens is 2. The number of fused-ring (bicyclic) bond motifs is 1. The zero-order valence-corrected chi connectivity index (χ0v) is 24.1. The topological polar surface area (TPSA) is 95.0 Å². The fraction of sp³-hybridized carbons (Fsp3) is 0.303. The quantitative estimate of drug-likeness (QED) is 0.283. The number of nitrogens with one attached hydrogen (secondary N) is 1. The SMILES string of the molecule is CN(C)Cc1cc(Cc2cccc(CC(NC(=O)c3c(F)cc(N4CCOCC4)cc3F)C(=O)O)c2)c2cnccc2c1. The summed E-state index contributed by atoms with van der Waals surface area (Å²) in [6, 6.07) is 14.5. The third kappa shape index (κ3) is 7.33. The summed E-state index contributed by atoms with van der Waals surface area (Å²) in [5.41, 5.74) is 3.37. The van der Waals surface area contributed by atoms with Crippen molar-refractivity contribution in [2.24, 2.45) is 0 Å². The van der Waals surface area contributed by atoms with Crippen LogP contribution in [0.4, 0.5) is 14.5 Å². The average Bonchev–Trinajstić information content (AvgIpc) is 2.97. The molecule has 0 aliphatic carbocycles. The molecule has 1 aliphatic heterocycles. The van der Waals surface area contributed by atoms with E-state index in [0.717, 1.165) is 40.6 Å². The van der Waals surface area contributed by atoms with E-state index in [4.69, 9.17) is 4.74 Å². The number of ether oxygens (including phenoxy) is 1. The Balaban J connectivity index is 1.33. The van der Waals surface area contributed by atoms with Crippen LogP contribution in [0.3, 0.4) is 0 Å². The number of aliphatic carboxylic acids is 1. The zero-order valence-electron chi connectivity index (χ0n) is 24.1. The number of carboxylic acid groups (broad SMARTS) is 1. The van der Waals surface area contributed by atoms with Gasteiger partial charge in [0.15, 0.2) is 0 Å². The van der Waals surface area contributed by atoms with Crippen molar-refractivity contribution in [1.29, 1.82) is 0 Å². The highest BCUT2D eigenvalue weighted by molar-refractivity contribution is 5.97. The van der Waals surface area contributed by atoms with E-state index in [1.807, 2.05) is 44.6 Å². The van der Waals surface area contributed by atoms with Gasteiger partial charge in [-0.05, 0) is 72.4 Å². The average molecular weight is 589 g/mol. The minimum atomic E-state index is -1.39. The first kappa shape index (κ1) is 30.1. The lowest BCUT2D eigenvalue weighted by Crippen LogP contribution is -2.43. The van der Waals surface area contributed by atoms with Gasteiger partial charge in [0.2, 0.25) is 0 Å². The molecule has 43 heavy (non-hydrogen) atoms. The number of rotatable bonds is 10. The molecule has 1 aromatic heterocycles. The van der Waals surface area contributed by atoms with Crippen LogP contribution in [0, 0.1) is 11.6 Å². The molecule has 0 bridgehead atoms. The van der Waals surface area contributed by atoms with Gasteiger partial charge in [0.1, 0.15) is 23.2 Å². The summed E-state index contributed by atoms with van der Waals surface area (Å²) in [6.07, 6.45) is 4.14. The summed E-state index contributed by atoms with van der Waals surface area (Å²) in [4.78, 5) is 33.2. The van der Waals surface area contributed by atoms with Crippen molar-refractivity contribution in [2.75, 3.05) is 45.3 Å².